The number of aromatic nitrogens is 3. The van der Waals surface area contributed by atoms with Gasteiger partial charge in [0.1, 0.15) is 11.4 Å². The van der Waals surface area contributed by atoms with E-state index in [-0.39, 0.29) is 5.41 Å². The molecule has 0 saturated heterocycles. The third kappa shape index (κ3) is 4.80. The number of rotatable bonds is 4. The number of hydrogen-bond donors (Lipinski definition) is 0. The Morgan fingerprint density at radius 1 is 0.750 bits per heavy atom. The predicted octanol–water partition coefficient (Wildman–Crippen LogP) is 7.18. The maximum absolute atomic E-state index is 4.82. The highest BCUT2D eigenvalue weighted by Gasteiger charge is 2.22. The van der Waals surface area contributed by atoms with Crippen LogP contribution < -0.4 is 0 Å². The van der Waals surface area contributed by atoms with Crippen molar-refractivity contribution in [2.75, 3.05) is 0 Å². The van der Waals surface area contributed by atoms with Gasteiger partial charge in [0, 0.05) is 16.6 Å². The largest absolute Gasteiger partial charge is 0.156 e. The molecule has 32 heavy (non-hydrogen) atoms. The van der Waals surface area contributed by atoms with Crippen LogP contribution in [0.15, 0.2) is 90.8 Å². The molecule has 1 aromatic heterocycles. The third-order valence-electron chi connectivity index (χ3n) is 5.40. The number of nitrogens with zero attached hydrogens (tertiary/aromatic N) is 3. The summed E-state index contributed by atoms with van der Waals surface area (Å²) in [6.45, 7) is 10.7. The van der Waals surface area contributed by atoms with Gasteiger partial charge in [-0.15, -0.1) is 9.90 Å². The summed E-state index contributed by atoms with van der Waals surface area (Å²) >= 11 is 0. The lowest BCUT2D eigenvalue weighted by molar-refractivity contribution is 0.511. The summed E-state index contributed by atoms with van der Waals surface area (Å²) in [5.41, 5.74) is 12.0. The van der Waals surface area contributed by atoms with Crippen molar-refractivity contribution < 1.29 is 0 Å². The maximum Gasteiger partial charge on any atom is 0.113 e. The van der Waals surface area contributed by atoms with E-state index in [1.54, 1.807) is 4.80 Å². The molecule has 4 aromatic rings. The number of benzene rings is 3. The van der Waals surface area contributed by atoms with E-state index in [0.29, 0.717) is 0 Å². The van der Waals surface area contributed by atoms with Gasteiger partial charge in [-0.3, -0.25) is 0 Å². The van der Waals surface area contributed by atoms with Crippen molar-refractivity contribution in [3.05, 3.63) is 113 Å². The second-order valence-electron chi connectivity index (χ2n) is 9.22. The summed E-state index contributed by atoms with van der Waals surface area (Å²) in [6.07, 6.45) is 1.83. The van der Waals surface area contributed by atoms with Crippen LogP contribution >= 0.6 is 0 Å². The Morgan fingerprint density at radius 2 is 1.31 bits per heavy atom. The summed E-state index contributed by atoms with van der Waals surface area (Å²) in [7, 11) is 0. The lowest BCUT2D eigenvalue weighted by atomic mass is 9.90. The van der Waals surface area contributed by atoms with Crippen LogP contribution in [0.2, 0.25) is 0 Å². The number of allylic oxidation sites excluding steroid dienone is 1. The van der Waals surface area contributed by atoms with Gasteiger partial charge in [0.25, 0.3) is 0 Å². The molecule has 0 aliphatic rings. The highest BCUT2D eigenvalue weighted by molar-refractivity contribution is 5.82. The van der Waals surface area contributed by atoms with Gasteiger partial charge in [0.2, 0.25) is 0 Å². The van der Waals surface area contributed by atoms with Gasteiger partial charge in [0.15, 0.2) is 0 Å². The number of aryl methyl sites for hydroxylation is 2. The van der Waals surface area contributed by atoms with Crippen molar-refractivity contribution in [3.63, 3.8) is 0 Å². The first-order valence-electron chi connectivity index (χ1n) is 10.9. The Morgan fingerprint density at radius 3 is 1.91 bits per heavy atom. The van der Waals surface area contributed by atoms with Crippen LogP contribution in [-0.2, 0) is 0 Å². The SMILES string of the molecule is Cc1ccc(C(=C=C(n2ncc(-c3ccc(C)cc3)n2)C(C)(C)C)c2ccccc2)cc1. The molecule has 3 heteroatoms. The van der Waals surface area contributed by atoms with E-state index in [9.17, 15) is 0 Å². The molecule has 4 rings (SSSR count). The topological polar surface area (TPSA) is 30.7 Å². The van der Waals surface area contributed by atoms with Crippen molar-refractivity contribution >= 4 is 11.3 Å². The molecule has 0 unspecified atom stereocenters. The predicted molar refractivity (Wildman–Crippen MR) is 133 cm³/mol. The van der Waals surface area contributed by atoms with Crippen LogP contribution in [0.3, 0.4) is 0 Å². The van der Waals surface area contributed by atoms with Gasteiger partial charge in [0.05, 0.1) is 6.20 Å². The van der Waals surface area contributed by atoms with Crippen molar-refractivity contribution in [3.8, 4) is 11.3 Å². The average molecular weight is 420 g/mol. The summed E-state index contributed by atoms with van der Waals surface area (Å²) in [5, 5.41) is 9.45. The molecule has 0 bridgehead atoms. The molecule has 0 aliphatic heterocycles. The smallest absolute Gasteiger partial charge is 0.113 e. The molecular weight excluding hydrogens is 390 g/mol. The van der Waals surface area contributed by atoms with E-state index < -0.39 is 0 Å². The molecule has 160 valence electrons. The van der Waals surface area contributed by atoms with Crippen molar-refractivity contribution in [2.24, 2.45) is 5.41 Å². The minimum Gasteiger partial charge on any atom is -0.156 e. The molecule has 0 N–H and O–H groups in total. The minimum atomic E-state index is -0.214. The Hall–Kier alpha value is -3.68. The van der Waals surface area contributed by atoms with E-state index in [2.05, 4.69) is 118 Å². The molecule has 3 aromatic carbocycles. The van der Waals surface area contributed by atoms with Crippen LogP contribution in [0.4, 0.5) is 0 Å². The second-order valence-corrected chi connectivity index (χ2v) is 9.22. The van der Waals surface area contributed by atoms with E-state index in [4.69, 9.17) is 5.10 Å². The lowest BCUT2D eigenvalue weighted by Gasteiger charge is -2.20. The zero-order valence-electron chi connectivity index (χ0n) is 19.4. The monoisotopic (exact) mass is 419 g/mol. The molecule has 0 spiro atoms. The normalized spacial score (nSPS) is 11.2. The zero-order valence-corrected chi connectivity index (χ0v) is 19.4. The first kappa shape index (κ1) is 21.5. The van der Waals surface area contributed by atoms with Crippen molar-refractivity contribution in [2.45, 2.75) is 34.6 Å². The van der Waals surface area contributed by atoms with Crippen molar-refractivity contribution in [1.29, 1.82) is 0 Å². The first-order valence-corrected chi connectivity index (χ1v) is 10.9. The van der Waals surface area contributed by atoms with Gasteiger partial charge in [-0.2, -0.15) is 5.10 Å². The fourth-order valence-corrected chi connectivity index (χ4v) is 3.52. The van der Waals surface area contributed by atoms with Crippen LogP contribution in [0.25, 0.3) is 22.5 Å². The third-order valence-corrected chi connectivity index (χ3v) is 5.40. The molecule has 0 saturated carbocycles. The molecule has 0 radical (unpaired) electrons. The van der Waals surface area contributed by atoms with Gasteiger partial charge in [-0.1, -0.05) is 116 Å². The van der Waals surface area contributed by atoms with Gasteiger partial charge >= 0.3 is 0 Å². The Balaban J connectivity index is 1.93. The lowest BCUT2D eigenvalue weighted by Crippen LogP contribution is -2.16. The summed E-state index contributed by atoms with van der Waals surface area (Å²) in [5.74, 6) is 0. The summed E-state index contributed by atoms with van der Waals surface area (Å²) < 4.78 is 0. The van der Waals surface area contributed by atoms with E-state index >= 15 is 0 Å². The van der Waals surface area contributed by atoms with Gasteiger partial charge < -0.3 is 0 Å². The molecule has 0 atom stereocenters. The Labute approximate surface area is 190 Å². The summed E-state index contributed by atoms with van der Waals surface area (Å²) in [4.78, 5) is 1.73. The zero-order chi connectivity index (χ0) is 22.7. The highest BCUT2D eigenvalue weighted by Crippen LogP contribution is 2.32. The molecule has 0 aliphatic carbocycles. The van der Waals surface area contributed by atoms with E-state index in [1.807, 2.05) is 12.3 Å². The first-order chi connectivity index (χ1) is 15.3. The Kier molecular flexibility index (Phi) is 5.94. The molecule has 1 heterocycles. The molecule has 0 fully saturated rings. The van der Waals surface area contributed by atoms with Crippen LogP contribution in [0, 0.1) is 19.3 Å². The fraction of sp³-hybridized carbons (Fsp3) is 0.207. The van der Waals surface area contributed by atoms with Crippen LogP contribution in [0.1, 0.15) is 43.0 Å². The molecular formula is C29H29N3. The average Bonchev–Trinajstić information content (AvgIpc) is 3.25. The van der Waals surface area contributed by atoms with Gasteiger partial charge in [-0.05, 0) is 25.0 Å². The van der Waals surface area contributed by atoms with Crippen molar-refractivity contribution in [1.82, 2.24) is 15.0 Å². The van der Waals surface area contributed by atoms with E-state index in [1.165, 1.54) is 11.1 Å². The van der Waals surface area contributed by atoms with Crippen LogP contribution in [-0.4, -0.2) is 15.0 Å². The number of hydrogen-bond acceptors (Lipinski definition) is 2. The summed E-state index contributed by atoms with van der Waals surface area (Å²) in [6, 6.07) is 27.3. The van der Waals surface area contributed by atoms with E-state index in [0.717, 1.165) is 33.7 Å². The molecule has 3 nitrogen and oxygen atoms in total. The van der Waals surface area contributed by atoms with Crippen LogP contribution in [0.5, 0.6) is 0 Å². The van der Waals surface area contributed by atoms with Gasteiger partial charge in [-0.25, -0.2) is 0 Å². The maximum atomic E-state index is 4.82. The molecule has 0 amide bonds. The fourth-order valence-electron chi connectivity index (χ4n) is 3.52. The minimum absolute atomic E-state index is 0.214. The second kappa shape index (κ2) is 8.82. The standard InChI is InChI=1S/C29H29N3/c1-21-11-15-24(16-12-21)26(23-9-7-6-8-10-23)19-28(29(3,4)5)32-30-20-27(31-32)25-17-13-22(2)14-18-25/h6-18,20H,1-5H3. The quantitative estimate of drug-likeness (QED) is 0.328. The Bertz CT molecular complexity index is 1260. The highest BCUT2D eigenvalue weighted by atomic mass is 15.5.